The molecule has 1 aromatic carbocycles. The first-order valence-electron chi connectivity index (χ1n) is 11.6. The van der Waals surface area contributed by atoms with Gasteiger partial charge in [-0.05, 0) is 0 Å². The normalized spacial score (nSPS) is 11.3. The van der Waals surface area contributed by atoms with Crippen LogP contribution in [0.25, 0.3) is 0 Å². The van der Waals surface area contributed by atoms with Crippen LogP contribution in [0.4, 0.5) is 10.5 Å². The fraction of sp³-hybridized carbons (Fsp3) is 0.520. The number of hydrogen-bond acceptors (Lipinski definition) is 3. The van der Waals surface area contributed by atoms with E-state index < -0.39 is 24.5 Å². The third-order valence-corrected chi connectivity index (χ3v) is 21.3. The number of unbranched alkanes of at least 4 members (excludes halogenated alkanes) is 3. The van der Waals surface area contributed by atoms with Gasteiger partial charge < -0.3 is 0 Å². The van der Waals surface area contributed by atoms with E-state index in [0.717, 1.165) is 11.3 Å². The van der Waals surface area contributed by atoms with E-state index in [0.29, 0.717) is 0 Å². The van der Waals surface area contributed by atoms with E-state index in [2.05, 4.69) is 43.3 Å². The maximum atomic E-state index is 12.3. The van der Waals surface area contributed by atoms with Gasteiger partial charge in [0.25, 0.3) is 0 Å². The van der Waals surface area contributed by atoms with Gasteiger partial charge in [0.1, 0.15) is 0 Å². The van der Waals surface area contributed by atoms with Crippen molar-refractivity contribution in [2.45, 2.75) is 79.2 Å². The molecule has 0 spiro atoms. The number of anilines is 1. The van der Waals surface area contributed by atoms with Gasteiger partial charge in [0.05, 0.1) is 0 Å². The monoisotopic (exact) mass is 518 g/mol. The Hall–Kier alpha value is -1.56. The molecule has 0 radical (unpaired) electrons. The topological polar surface area (TPSA) is 51.2 Å². The van der Waals surface area contributed by atoms with Gasteiger partial charge in [-0.15, -0.1) is 0 Å². The van der Waals surface area contributed by atoms with Gasteiger partial charge in [-0.25, -0.2) is 0 Å². The first-order valence-corrected chi connectivity index (χ1v) is 19.0. The molecule has 1 heterocycles. The number of carbonyl (C=O) groups is 1. The number of benzene rings is 1. The third-order valence-electron chi connectivity index (χ3n) is 5.84. The van der Waals surface area contributed by atoms with Crippen molar-refractivity contribution in [1.29, 1.82) is 0 Å². The Morgan fingerprint density at radius 2 is 1.53 bits per heavy atom. The molecule has 2 rings (SSSR count). The molecule has 1 N–H and O–H groups in total. The summed E-state index contributed by atoms with van der Waals surface area (Å²) in [5.74, 6) is 0. The predicted octanol–water partition coefficient (Wildman–Crippen LogP) is 6.89. The summed E-state index contributed by atoms with van der Waals surface area (Å²) < 4.78 is 11.0. The molecule has 5 heteroatoms. The van der Waals surface area contributed by atoms with Crippen LogP contribution in [0.2, 0.25) is 13.3 Å². The summed E-state index contributed by atoms with van der Waals surface area (Å²) in [6.07, 6.45) is 11.1. The molecule has 30 heavy (non-hydrogen) atoms. The van der Waals surface area contributed by atoms with E-state index in [1.165, 1.54) is 55.4 Å². The molecule has 0 fully saturated rings. The van der Waals surface area contributed by atoms with Crippen molar-refractivity contribution in [1.82, 2.24) is 4.98 Å². The van der Waals surface area contributed by atoms with Crippen molar-refractivity contribution in [3.63, 3.8) is 0 Å². The summed E-state index contributed by atoms with van der Waals surface area (Å²) in [6, 6.07) is 11.9. The van der Waals surface area contributed by atoms with Crippen LogP contribution in [0.15, 0.2) is 48.8 Å². The van der Waals surface area contributed by atoms with Crippen LogP contribution < -0.4 is 8.90 Å². The van der Waals surface area contributed by atoms with Gasteiger partial charge in [0, 0.05) is 0 Å². The maximum absolute atomic E-state index is 12.3. The van der Waals surface area contributed by atoms with Crippen LogP contribution in [0.5, 0.6) is 0 Å². The molecule has 0 aliphatic rings. The number of nitrogens with one attached hydrogen (secondary N) is 1. The quantitative estimate of drug-likeness (QED) is 0.295. The second kappa shape index (κ2) is 13.7. The van der Waals surface area contributed by atoms with E-state index >= 15 is 0 Å². The number of nitrogens with zero attached hydrogens (tertiary/aromatic N) is 1. The summed E-state index contributed by atoms with van der Waals surface area (Å²) in [5, 5.41) is 2.90. The molecule has 1 amide bonds. The molecule has 1 aromatic heterocycles. The SMILES string of the molecule is CCC[CH2][Sn]([CH2]CCC)([CH2]CCC)[c]1cncc(NC(=O)OCc2ccccc2)c1. The van der Waals surface area contributed by atoms with Crippen LogP contribution in [-0.4, -0.2) is 29.5 Å². The van der Waals surface area contributed by atoms with E-state index in [1.54, 1.807) is 6.20 Å². The number of carbonyl (C=O) groups excluding carboxylic acids is 1. The van der Waals surface area contributed by atoms with Crippen molar-refractivity contribution >= 4 is 33.7 Å². The predicted molar refractivity (Wildman–Crippen MR) is 129 cm³/mol. The first-order chi connectivity index (χ1) is 14.6. The molecule has 164 valence electrons. The Morgan fingerprint density at radius 1 is 0.933 bits per heavy atom. The summed E-state index contributed by atoms with van der Waals surface area (Å²) in [4.78, 5) is 16.8. The number of rotatable bonds is 13. The third kappa shape index (κ3) is 7.93. The second-order valence-electron chi connectivity index (χ2n) is 8.24. The van der Waals surface area contributed by atoms with Gasteiger partial charge in [-0.1, -0.05) is 0 Å². The molecule has 0 saturated heterocycles. The van der Waals surface area contributed by atoms with Crippen molar-refractivity contribution in [3.8, 4) is 0 Å². The van der Waals surface area contributed by atoms with Gasteiger partial charge >= 0.3 is 187 Å². The van der Waals surface area contributed by atoms with E-state index in [4.69, 9.17) is 4.74 Å². The zero-order chi connectivity index (χ0) is 21.7. The van der Waals surface area contributed by atoms with E-state index in [-0.39, 0.29) is 6.61 Å². The molecular formula is C25H38N2O2Sn. The number of aromatic nitrogens is 1. The Balaban J connectivity index is 2.13. The van der Waals surface area contributed by atoms with Gasteiger partial charge in [-0.3, -0.25) is 0 Å². The molecule has 0 aliphatic heterocycles. The molecule has 4 nitrogen and oxygen atoms in total. The van der Waals surface area contributed by atoms with Crippen LogP contribution in [0, 0.1) is 0 Å². The molecule has 0 bridgehead atoms. The number of ether oxygens (including phenoxy) is 1. The summed E-state index contributed by atoms with van der Waals surface area (Å²) in [7, 11) is 0. The van der Waals surface area contributed by atoms with E-state index in [1.807, 2.05) is 30.3 Å². The standard InChI is InChI=1S/C13H11N2O2.3C4H9.Sn/c16-13(15-12-7-4-8-14-9-12)17-10-11-5-2-1-3-6-11;3*1-3-4-2;/h1-3,5-9H,10H2,(H,15,16);3*1,3-4H2,2H3;. The Kier molecular flexibility index (Phi) is 11.3. The number of pyridine rings is 1. The van der Waals surface area contributed by atoms with Gasteiger partial charge in [0.15, 0.2) is 0 Å². The molecule has 0 saturated carbocycles. The Labute approximate surface area is 186 Å². The van der Waals surface area contributed by atoms with Gasteiger partial charge in [-0.2, -0.15) is 0 Å². The molecule has 0 aliphatic carbocycles. The minimum atomic E-state index is -2.56. The Morgan fingerprint density at radius 3 is 2.10 bits per heavy atom. The fourth-order valence-corrected chi connectivity index (χ4v) is 19.8. The van der Waals surface area contributed by atoms with Crippen LogP contribution in [-0.2, 0) is 11.3 Å². The van der Waals surface area contributed by atoms with Crippen molar-refractivity contribution in [2.75, 3.05) is 5.32 Å². The summed E-state index contributed by atoms with van der Waals surface area (Å²) in [5.41, 5.74) is 1.74. The second-order valence-corrected chi connectivity index (χ2v) is 21.5. The Bertz CT molecular complexity index is 730. The molecule has 0 unspecified atom stereocenters. The number of hydrogen-bond donors (Lipinski definition) is 1. The van der Waals surface area contributed by atoms with Crippen molar-refractivity contribution < 1.29 is 9.53 Å². The van der Waals surface area contributed by atoms with E-state index in [9.17, 15) is 4.79 Å². The molecule has 0 atom stereocenters. The molecular weight excluding hydrogens is 479 g/mol. The average Bonchev–Trinajstić information content (AvgIpc) is 2.78. The van der Waals surface area contributed by atoms with Crippen LogP contribution in [0.1, 0.15) is 64.9 Å². The van der Waals surface area contributed by atoms with Crippen molar-refractivity contribution in [2.24, 2.45) is 0 Å². The average molecular weight is 517 g/mol. The van der Waals surface area contributed by atoms with Gasteiger partial charge in [0.2, 0.25) is 0 Å². The summed E-state index contributed by atoms with van der Waals surface area (Å²) in [6.45, 7) is 7.13. The zero-order valence-corrected chi connectivity index (χ0v) is 21.8. The van der Waals surface area contributed by atoms with Crippen molar-refractivity contribution in [3.05, 3.63) is 54.4 Å². The fourth-order valence-electron chi connectivity index (χ4n) is 4.03. The minimum absolute atomic E-state index is 0.270. The first kappa shape index (κ1) is 24.7. The number of amides is 1. The van der Waals surface area contributed by atoms with Crippen LogP contribution in [0.3, 0.4) is 0 Å². The zero-order valence-electron chi connectivity index (χ0n) is 19.0. The summed E-state index contributed by atoms with van der Waals surface area (Å²) >= 11 is -2.56. The van der Waals surface area contributed by atoms with Crippen LogP contribution >= 0.6 is 0 Å². The molecule has 2 aromatic rings.